The third kappa shape index (κ3) is 3.20. The number of H-pyrrole nitrogens is 1. The number of nitrogens with zero attached hydrogens (tertiary/aromatic N) is 2. The van der Waals surface area contributed by atoms with Gasteiger partial charge >= 0.3 is 0 Å². The van der Waals surface area contributed by atoms with Gasteiger partial charge in [0.15, 0.2) is 4.77 Å². The second-order valence-corrected chi connectivity index (χ2v) is 4.97. The molecule has 2 N–H and O–H groups in total. The van der Waals surface area contributed by atoms with Gasteiger partial charge in [0.25, 0.3) is 5.56 Å². The first-order valence-corrected chi connectivity index (χ1v) is 6.82. The Hall–Kier alpha value is -2.54. The van der Waals surface area contributed by atoms with Gasteiger partial charge in [0.1, 0.15) is 11.4 Å². The Kier molecular flexibility index (Phi) is 4.67. The fourth-order valence-electron chi connectivity index (χ4n) is 1.84. The van der Waals surface area contributed by atoms with E-state index in [1.807, 2.05) is 0 Å². The largest absolute Gasteiger partial charge is 0.494 e. The molecule has 22 heavy (non-hydrogen) atoms. The van der Waals surface area contributed by atoms with Gasteiger partial charge in [-0.2, -0.15) is 0 Å². The van der Waals surface area contributed by atoms with E-state index in [1.165, 1.54) is 35.1 Å². The highest BCUT2D eigenvalue weighted by atomic mass is 32.1. The third-order valence-corrected chi connectivity index (χ3v) is 3.33. The van der Waals surface area contributed by atoms with Crippen LogP contribution in [0, 0.1) is 17.5 Å². The van der Waals surface area contributed by atoms with Gasteiger partial charge in [0.05, 0.1) is 5.69 Å². The lowest BCUT2D eigenvalue weighted by Gasteiger charge is -2.08. The van der Waals surface area contributed by atoms with Gasteiger partial charge in [-0.3, -0.25) is 19.3 Å². The molecule has 1 heterocycles. The molecular formula is C15H14FN3O2S. The number of aliphatic imine (C=N–C) groups is 1. The topological polar surface area (TPSA) is 70.4 Å². The van der Waals surface area contributed by atoms with E-state index in [0.29, 0.717) is 11.3 Å². The van der Waals surface area contributed by atoms with E-state index in [1.54, 1.807) is 6.92 Å². The zero-order valence-electron chi connectivity index (χ0n) is 11.8. The Balaban J connectivity index is 2.48. The van der Waals surface area contributed by atoms with Gasteiger partial charge in [-0.15, -0.1) is 6.58 Å². The number of aromatic amines is 1. The molecule has 0 spiro atoms. The summed E-state index contributed by atoms with van der Waals surface area (Å²) < 4.78 is 14.6. The highest BCUT2D eigenvalue weighted by Crippen LogP contribution is 2.18. The van der Waals surface area contributed by atoms with Gasteiger partial charge in [-0.25, -0.2) is 4.39 Å². The molecule has 0 saturated carbocycles. The van der Waals surface area contributed by atoms with Crippen molar-refractivity contribution in [2.45, 2.75) is 13.5 Å². The van der Waals surface area contributed by atoms with Crippen molar-refractivity contribution in [2.75, 3.05) is 0 Å². The first-order valence-electron chi connectivity index (χ1n) is 6.41. The Morgan fingerprint density at radius 2 is 2.27 bits per heavy atom. The molecule has 0 aliphatic heterocycles. The molecule has 0 saturated heterocycles. The SMILES string of the molecule is C=CCn1c(O)c(C=Nc2ccc(F)c(C)c2)c(=O)[nH]c1=S. The summed E-state index contributed by atoms with van der Waals surface area (Å²) in [5, 5.41) is 10.1. The molecule has 0 amide bonds. The van der Waals surface area contributed by atoms with Crippen LogP contribution in [0.3, 0.4) is 0 Å². The smallest absolute Gasteiger partial charge is 0.264 e. The van der Waals surface area contributed by atoms with Crippen LogP contribution in [0.15, 0.2) is 40.6 Å². The van der Waals surface area contributed by atoms with Gasteiger partial charge in [-0.1, -0.05) is 6.08 Å². The summed E-state index contributed by atoms with van der Waals surface area (Å²) in [5.74, 6) is -0.629. The van der Waals surface area contributed by atoms with Crippen LogP contribution in [0.1, 0.15) is 11.1 Å². The van der Waals surface area contributed by atoms with Crippen molar-refractivity contribution in [3.05, 3.63) is 62.9 Å². The fraction of sp³-hybridized carbons (Fsp3) is 0.133. The lowest BCUT2D eigenvalue weighted by atomic mass is 10.2. The van der Waals surface area contributed by atoms with E-state index in [4.69, 9.17) is 12.2 Å². The van der Waals surface area contributed by atoms with E-state index >= 15 is 0 Å². The highest BCUT2D eigenvalue weighted by Gasteiger charge is 2.10. The minimum absolute atomic E-state index is 0.0302. The molecule has 114 valence electrons. The van der Waals surface area contributed by atoms with Crippen LogP contribution < -0.4 is 5.56 Å². The number of nitrogens with one attached hydrogen (secondary N) is 1. The van der Waals surface area contributed by atoms with Crippen LogP contribution in [-0.4, -0.2) is 20.9 Å². The van der Waals surface area contributed by atoms with E-state index in [0.717, 1.165) is 0 Å². The molecule has 1 aromatic carbocycles. The monoisotopic (exact) mass is 319 g/mol. The number of benzene rings is 1. The first kappa shape index (κ1) is 15.8. The van der Waals surface area contributed by atoms with Gasteiger partial charge in [-0.05, 0) is 42.9 Å². The van der Waals surface area contributed by atoms with Crippen molar-refractivity contribution in [1.82, 2.24) is 9.55 Å². The van der Waals surface area contributed by atoms with E-state index < -0.39 is 5.56 Å². The number of rotatable bonds is 4. The summed E-state index contributed by atoms with van der Waals surface area (Å²) in [6.07, 6.45) is 2.76. The fourth-order valence-corrected chi connectivity index (χ4v) is 2.09. The normalized spacial score (nSPS) is 11.0. The van der Waals surface area contributed by atoms with E-state index in [-0.39, 0.29) is 28.6 Å². The number of aryl methyl sites for hydroxylation is 1. The van der Waals surface area contributed by atoms with Crippen LogP contribution in [0.2, 0.25) is 0 Å². The Labute approximate surface area is 131 Å². The number of aromatic hydroxyl groups is 1. The highest BCUT2D eigenvalue weighted by molar-refractivity contribution is 7.71. The number of aromatic nitrogens is 2. The van der Waals surface area contributed by atoms with Crippen LogP contribution >= 0.6 is 12.2 Å². The van der Waals surface area contributed by atoms with E-state index in [9.17, 15) is 14.3 Å². The zero-order chi connectivity index (χ0) is 16.3. The number of hydrogen-bond donors (Lipinski definition) is 2. The summed E-state index contributed by atoms with van der Waals surface area (Å²) in [6, 6.07) is 4.30. The molecule has 2 aromatic rings. The molecule has 0 unspecified atom stereocenters. The molecule has 0 fully saturated rings. The van der Waals surface area contributed by atoms with Gasteiger partial charge < -0.3 is 5.11 Å². The van der Waals surface area contributed by atoms with Gasteiger partial charge in [0, 0.05) is 12.8 Å². The predicted molar refractivity (Wildman–Crippen MR) is 86.1 cm³/mol. The maximum Gasteiger partial charge on any atom is 0.264 e. The molecule has 0 bridgehead atoms. The Morgan fingerprint density at radius 1 is 1.55 bits per heavy atom. The molecular weight excluding hydrogens is 305 g/mol. The molecule has 0 aliphatic rings. The lowest BCUT2D eigenvalue weighted by molar-refractivity contribution is 0.413. The van der Waals surface area contributed by atoms with Crippen molar-refractivity contribution < 1.29 is 9.50 Å². The quantitative estimate of drug-likeness (QED) is 0.517. The van der Waals surface area contributed by atoms with Crippen LogP contribution in [-0.2, 0) is 6.54 Å². The summed E-state index contributed by atoms with van der Waals surface area (Å²) in [4.78, 5) is 18.4. The molecule has 0 aliphatic carbocycles. The number of hydrogen-bond acceptors (Lipinski definition) is 4. The minimum Gasteiger partial charge on any atom is -0.494 e. The average Bonchev–Trinajstić information content (AvgIpc) is 2.46. The Bertz CT molecular complexity index is 868. The number of halogens is 1. The summed E-state index contributed by atoms with van der Waals surface area (Å²) in [6.45, 7) is 5.42. The molecule has 5 nitrogen and oxygen atoms in total. The number of allylic oxidation sites excluding steroid dienone is 1. The summed E-state index contributed by atoms with van der Waals surface area (Å²) in [5.41, 5.74) is 0.327. The second-order valence-electron chi connectivity index (χ2n) is 4.59. The molecule has 0 radical (unpaired) electrons. The summed E-state index contributed by atoms with van der Waals surface area (Å²) >= 11 is 4.97. The maximum atomic E-state index is 13.2. The second kappa shape index (κ2) is 6.48. The zero-order valence-corrected chi connectivity index (χ0v) is 12.7. The van der Waals surface area contributed by atoms with Crippen molar-refractivity contribution in [1.29, 1.82) is 0 Å². The van der Waals surface area contributed by atoms with Crippen LogP contribution in [0.25, 0.3) is 0 Å². The maximum absolute atomic E-state index is 13.2. The molecule has 2 rings (SSSR count). The first-order chi connectivity index (χ1) is 10.4. The van der Waals surface area contributed by atoms with Gasteiger partial charge in [0.2, 0.25) is 5.88 Å². The third-order valence-electron chi connectivity index (χ3n) is 3.00. The van der Waals surface area contributed by atoms with Crippen molar-refractivity contribution in [3.8, 4) is 5.88 Å². The van der Waals surface area contributed by atoms with Crippen molar-refractivity contribution in [2.24, 2.45) is 4.99 Å². The van der Waals surface area contributed by atoms with Crippen LogP contribution in [0.4, 0.5) is 10.1 Å². The predicted octanol–water partition coefficient (Wildman–Crippen LogP) is 3.00. The standard InChI is InChI=1S/C15H14FN3O2S/c1-3-6-19-14(21)11(13(20)18-15(19)22)8-17-10-4-5-12(16)9(2)7-10/h3-5,7-8,21H,1,6H2,2H3,(H,18,20,22). The van der Waals surface area contributed by atoms with Crippen LogP contribution in [0.5, 0.6) is 5.88 Å². The molecule has 0 atom stereocenters. The molecule has 7 heteroatoms. The van der Waals surface area contributed by atoms with Crippen molar-refractivity contribution in [3.63, 3.8) is 0 Å². The minimum atomic E-state index is -0.551. The Morgan fingerprint density at radius 3 is 2.91 bits per heavy atom. The molecule has 1 aromatic heterocycles. The lowest BCUT2D eigenvalue weighted by Crippen LogP contribution is -2.18. The summed E-state index contributed by atoms with van der Waals surface area (Å²) in [7, 11) is 0. The van der Waals surface area contributed by atoms with Crippen molar-refractivity contribution >= 4 is 24.1 Å². The van der Waals surface area contributed by atoms with E-state index in [2.05, 4.69) is 16.6 Å². The average molecular weight is 319 g/mol.